The second-order valence-corrected chi connectivity index (χ2v) is 8.91. The highest BCUT2D eigenvalue weighted by molar-refractivity contribution is 6.30. The molecule has 0 aliphatic carbocycles. The first-order valence-electron chi connectivity index (χ1n) is 10.2. The summed E-state index contributed by atoms with van der Waals surface area (Å²) in [5.41, 5.74) is 0.951. The first-order chi connectivity index (χ1) is 14.6. The number of ether oxygens (including phenoxy) is 2. The molecule has 1 amide bonds. The summed E-state index contributed by atoms with van der Waals surface area (Å²) in [6.07, 6.45) is 4.76. The first kappa shape index (κ1) is 22.9. The van der Waals surface area contributed by atoms with Crippen molar-refractivity contribution in [3.05, 3.63) is 29.0 Å². The Hall–Kier alpha value is -2.81. The number of hydrogen-bond acceptors (Lipinski definition) is 8. The minimum absolute atomic E-state index is 0.0603. The van der Waals surface area contributed by atoms with Crippen molar-refractivity contribution >= 4 is 35.1 Å². The van der Waals surface area contributed by atoms with Crippen molar-refractivity contribution in [2.45, 2.75) is 52.2 Å². The van der Waals surface area contributed by atoms with E-state index < -0.39 is 5.60 Å². The highest BCUT2D eigenvalue weighted by Gasteiger charge is 2.28. The Kier molecular flexibility index (Phi) is 7.04. The van der Waals surface area contributed by atoms with Gasteiger partial charge in [0.1, 0.15) is 17.1 Å². The molecule has 0 aromatic carbocycles. The van der Waals surface area contributed by atoms with E-state index in [-0.39, 0.29) is 12.1 Å². The quantitative estimate of drug-likeness (QED) is 0.694. The molecule has 3 heterocycles. The van der Waals surface area contributed by atoms with Crippen LogP contribution in [0.4, 0.5) is 22.2 Å². The molecule has 0 bridgehead atoms. The summed E-state index contributed by atoms with van der Waals surface area (Å²) in [7, 11) is 1.53. The lowest BCUT2D eigenvalue weighted by molar-refractivity contribution is 0.0206. The van der Waals surface area contributed by atoms with E-state index in [1.54, 1.807) is 17.2 Å². The number of aromatic nitrogens is 3. The van der Waals surface area contributed by atoms with Crippen molar-refractivity contribution in [3.8, 4) is 5.88 Å². The molecule has 10 heteroatoms. The lowest BCUT2D eigenvalue weighted by Crippen LogP contribution is -2.47. The van der Waals surface area contributed by atoms with Gasteiger partial charge in [-0.2, -0.15) is 4.98 Å². The van der Waals surface area contributed by atoms with Crippen LogP contribution in [0.25, 0.3) is 0 Å². The fourth-order valence-electron chi connectivity index (χ4n) is 3.23. The van der Waals surface area contributed by atoms with Crippen LogP contribution < -0.4 is 15.4 Å². The molecule has 2 aromatic rings. The minimum Gasteiger partial charge on any atom is -0.480 e. The summed E-state index contributed by atoms with van der Waals surface area (Å²) in [4.78, 5) is 27.3. The summed E-state index contributed by atoms with van der Waals surface area (Å²) in [5.74, 6) is 1.47. The SMILES string of the molecule is COc1ncc(Cl)cc1Nc1ncc(C)c(NC2CCCN(C(=O)OC(C)(C)C)C2)n1. The van der Waals surface area contributed by atoms with Gasteiger partial charge in [0.05, 0.1) is 12.1 Å². The number of likely N-dealkylation sites (tertiary alicyclic amines) is 1. The van der Waals surface area contributed by atoms with E-state index in [1.165, 1.54) is 13.3 Å². The van der Waals surface area contributed by atoms with Gasteiger partial charge < -0.3 is 25.0 Å². The molecule has 2 N–H and O–H groups in total. The molecule has 1 fully saturated rings. The van der Waals surface area contributed by atoms with Gasteiger partial charge in [-0.05, 0) is 46.6 Å². The van der Waals surface area contributed by atoms with Crippen LogP contribution in [0.3, 0.4) is 0 Å². The normalized spacial score (nSPS) is 16.6. The standard InChI is InChI=1S/C21H29ClN6O3/c1-13-10-24-19(26-16-9-14(22)11-23-18(16)30-5)27-17(13)25-15-7-6-8-28(12-15)20(29)31-21(2,3)4/h9-11,15H,6-8,12H2,1-5H3,(H2,24,25,26,27). The molecular formula is C21H29ClN6O3. The van der Waals surface area contributed by atoms with Gasteiger partial charge in [-0.15, -0.1) is 0 Å². The number of pyridine rings is 1. The van der Waals surface area contributed by atoms with Gasteiger partial charge in [-0.1, -0.05) is 11.6 Å². The van der Waals surface area contributed by atoms with Gasteiger partial charge in [0, 0.05) is 37.1 Å². The van der Waals surface area contributed by atoms with E-state index in [0.717, 1.165) is 18.4 Å². The molecule has 1 aliphatic heterocycles. The van der Waals surface area contributed by atoms with Crippen LogP contribution in [0.5, 0.6) is 5.88 Å². The molecular weight excluding hydrogens is 420 g/mol. The van der Waals surface area contributed by atoms with Crippen molar-refractivity contribution in [2.24, 2.45) is 0 Å². The fourth-order valence-corrected chi connectivity index (χ4v) is 3.39. The number of rotatable bonds is 5. The van der Waals surface area contributed by atoms with E-state index in [1.807, 2.05) is 27.7 Å². The molecule has 168 valence electrons. The Morgan fingerprint density at radius 1 is 1.29 bits per heavy atom. The number of aryl methyl sites for hydroxylation is 1. The van der Waals surface area contributed by atoms with Crippen molar-refractivity contribution in [1.82, 2.24) is 19.9 Å². The van der Waals surface area contributed by atoms with Crippen LogP contribution in [-0.4, -0.2) is 57.8 Å². The smallest absolute Gasteiger partial charge is 0.410 e. The molecule has 1 saturated heterocycles. The lowest BCUT2D eigenvalue weighted by atomic mass is 10.1. The second kappa shape index (κ2) is 9.55. The van der Waals surface area contributed by atoms with Crippen molar-refractivity contribution in [2.75, 3.05) is 30.8 Å². The van der Waals surface area contributed by atoms with Crippen molar-refractivity contribution in [1.29, 1.82) is 0 Å². The molecule has 1 unspecified atom stereocenters. The molecule has 9 nitrogen and oxygen atoms in total. The maximum atomic E-state index is 12.4. The number of halogens is 1. The summed E-state index contributed by atoms with van der Waals surface area (Å²) in [5, 5.41) is 7.02. The van der Waals surface area contributed by atoms with Crippen molar-refractivity contribution in [3.63, 3.8) is 0 Å². The Bertz CT molecular complexity index is 934. The topological polar surface area (TPSA) is 102 Å². The van der Waals surface area contributed by atoms with Gasteiger partial charge in [0.2, 0.25) is 11.8 Å². The third-order valence-corrected chi connectivity index (χ3v) is 4.85. The summed E-state index contributed by atoms with van der Waals surface area (Å²) in [6, 6.07) is 1.76. The summed E-state index contributed by atoms with van der Waals surface area (Å²) >= 11 is 6.05. The number of carbonyl (C=O) groups excluding carboxylic acids is 1. The first-order valence-corrected chi connectivity index (χ1v) is 10.6. The van der Waals surface area contributed by atoms with Gasteiger partial charge in [0.15, 0.2) is 0 Å². The van der Waals surface area contributed by atoms with E-state index in [2.05, 4.69) is 25.6 Å². The molecule has 0 radical (unpaired) electrons. The number of carbonyl (C=O) groups is 1. The van der Waals surface area contributed by atoms with Gasteiger partial charge in [-0.3, -0.25) is 0 Å². The third-order valence-electron chi connectivity index (χ3n) is 4.64. The van der Waals surface area contributed by atoms with Crippen LogP contribution in [0.15, 0.2) is 18.5 Å². The van der Waals surface area contributed by atoms with Crippen LogP contribution in [0, 0.1) is 6.92 Å². The van der Waals surface area contributed by atoms with Crippen molar-refractivity contribution < 1.29 is 14.3 Å². The lowest BCUT2D eigenvalue weighted by Gasteiger charge is -2.34. The Balaban J connectivity index is 1.71. The zero-order chi connectivity index (χ0) is 22.6. The van der Waals surface area contributed by atoms with Gasteiger partial charge >= 0.3 is 6.09 Å². The zero-order valence-electron chi connectivity index (χ0n) is 18.5. The maximum absolute atomic E-state index is 12.4. The average Bonchev–Trinajstić information content (AvgIpc) is 2.70. The summed E-state index contributed by atoms with van der Waals surface area (Å²) < 4.78 is 10.8. The number of nitrogens with zero attached hydrogens (tertiary/aromatic N) is 4. The largest absolute Gasteiger partial charge is 0.480 e. The Morgan fingerprint density at radius 3 is 2.77 bits per heavy atom. The number of amides is 1. The van der Waals surface area contributed by atoms with Crippen LogP contribution in [0.2, 0.25) is 5.02 Å². The number of nitrogens with one attached hydrogen (secondary N) is 2. The molecule has 3 rings (SSSR count). The molecule has 1 aliphatic rings. The molecule has 2 aromatic heterocycles. The van der Waals surface area contributed by atoms with E-state index >= 15 is 0 Å². The third kappa shape index (κ3) is 6.33. The van der Waals surface area contributed by atoms with E-state index in [0.29, 0.717) is 41.4 Å². The highest BCUT2D eigenvalue weighted by Crippen LogP contribution is 2.28. The van der Waals surface area contributed by atoms with Crippen LogP contribution in [-0.2, 0) is 4.74 Å². The van der Waals surface area contributed by atoms with Crippen LogP contribution >= 0.6 is 11.6 Å². The molecule has 0 spiro atoms. The van der Waals surface area contributed by atoms with Crippen LogP contribution in [0.1, 0.15) is 39.2 Å². The monoisotopic (exact) mass is 448 g/mol. The number of methoxy groups -OCH3 is 1. The predicted octanol–water partition coefficient (Wildman–Crippen LogP) is 4.40. The molecule has 31 heavy (non-hydrogen) atoms. The Morgan fingerprint density at radius 2 is 2.06 bits per heavy atom. The fraction of sp³-hybridized carbons (Fsp3) is 0.524. The molecule has 0 saturated carbocycles. The average molecular weight is 449 g/mol. The van der Waals surface area contributed by atoms with E-state index in [9.17, 15) is 4.79 Å². The van der Waals surface area contributed by atoms with Gasteiger partial charge in [0.25, 0.3) is 0 Å². The zero-order valence-corrected chi connectivity index (χ0v) is 19.3. The second-order valence-electron chi connectivity index (χ2n) is 8.47. The Labute approximate surface area is 187 Å². The predicted molar refractivity (Wildman–Crippen MR) is 120 cm³/mol. The highest BCUT2D eigenvalue weighted by atomic mass is 35.5. The van der Waals surface area contributed by atoms with E-state index in [4.69, 9.17) is 21.1 Å². The minimum atomic E-state index is -0.516. The summed E-state index contributed by atoms with van der Waals surface area (Å²) in [6.45, 7) is 8.77. The maximum Gasteiger partial charge on any atom is 0.410 e. The molecule has 1 atom stereocenters. The number of anilines is 3. The van der Waals surface area contributed by atoms with Gasteiger partial charge in [-0.25, -0.2) is 14.8 Å². The number of hydrogen-bond donors (Lipinski definition) is 2. The number of piperidine rings is 1.